The van der Waals surface area contributed by atoms with Gasteiger partial charge in [0.1, 0.15) is 0 Å². The second-order valence-corrected chi connectivity index (χ2v) is 18.0. The van der Waals surface area contributed by atoms with E-state index in [9.17, 15) is 10.5 Å². The lowest BCUT2D eigenvalue weighted by Crippen LogP contribution is -2.48. The van der Waals surface area contributed by atoms with Gasteiger partial charge in [0.2, 0.25) is 0 Å². The molecule has 0 atom stereocenters. The summed E-state index contributed by atoms with van der Waals surface area (Å²) in [5, 5.41) is 21.4. The van der Waals surface area contributed by atoms with Crippen LogP contribution in [0.3, 0.4) is 0 Å². The van der Waals surface area contributed by atoms with Gasteiger partial charge in [0.25, 0.3) is 0 Å². The second kappa shape index (κ2) is 11.3. The van der Waals surface area contributed by atoms with Crippen molar-refractivity contribution in [2.24, 2.45) is 35.5 Å². The predicted octanol–water partition coefficient (Wildman–Crippen LogP) is 10.7. The first kappa shape index (κ1) is 30.7. The summed E-state index contributed by atoms with van der Waals surface area (Å²) in [7, 11) is 0. The molecule has 5 heteroatoms. The Morgan fingerprint density at radius 1 is 0.462 bits per heavy atom. The zero-order chi connectivity index (χ0) is 34.6. The highest BCUT2D eigenvalue weighted by Gasteiger charge is 2.52. The molecule has 4 aromatic carbocycles. The Hall–Kier alpha value is -4.87. The molecule has 5 nitrogen and oxygen atoms in total. The van der Waals surface area contributed by atoms with E-state index in [2.05, 4.69) is 60.7 Å². The number of fused-ring (bicyclic) bond motifs is 1. The van der Waals surface area contributed by atoms with Gasteiger partial charge in [-0.3, -0.25) is 0 Å². The molecular weight excluding hydrogens is 635 g/mol. The number of rotatable bonds is 5. The zero-order valence-electron chi connectivity index (χ0n) is 29.7. The van der Waals surface area contributed by atoms with E-state index in [1.807, 2.05) is 30.3 Å². The zero-order valence-corrected chi connectivity index (χ0v) is 29.7. The molecule has 0 N–H and O–H groups in total. The fourth-order valence-corrected chi connectivity index (χ4v) is 13.3. The van der Waals surface area contributed by atoms with E-state index < -0.39 is 0 Å². The lowest BCUT2D eigenvalue weighted by atomic mass is 9.48. The maximum absolute atomic E-state index is 10.0. The van der Waals surface area contributed by atoms with Crippen LogP contribution in [0.25, 0.3) is 44.9 Å². The summed E-state index contributed by atoms with van der Waals surface area (Å²) in [6, 6.07) is 32.3. The van der Waals surface area contributed by atoms with Crippen molar-refractivity contribution < 1.29 is 0 Å². The van der Waals surface area contributed by atoms with Gasteiger partial charge in [-0.05, 0) is 170 Å². The topological polar surface area (TPSA) is 86.2 Å². The van der Waals surface area contributed by atoms with Crippen LogP contribution in [0, 0.1) is 58.2 Å². The Labute approximate surface area is 306 Å². The number of nitriles is 2. The molecule has 0 unspecified atom stereocenters. The van der Waals surface area contributed by atoms with Gasteiger partial charge in [-0.25, -0.2) is 15.0 Å². The van der Waals surface area contributed by atoms with E-state index >= 15 is 0 Å². The average molecular weight is 678 g/mol. The van der Waals surface area contributed by atoms with E-state index in [1.165, 1.54) is 88.2 Å². The van der Waals surface area contributed by atoms with Gasteiger partial charge < -0.3 is 0 Å². The number of nitrogens with zero attached hydrogens (tertiary/aromatic N) is 5. The van der Waals surface area contributed by atoms with Crippen molar-refractivity contribution in [1.82, 2.24) is 15.0 Å². The lowest BCUT2D eigenvalue weighted by molar-refractivity contribution is -0.00530. The van der Waals surface area contributed by atoms with E-state index in [0.717, 1.165) is 63.0 Å². The molecule has 0 radical (unpaired) electrons. The van der Waals surface area contributed by atoms with E-state index in [-0.39, 0.29) is 0 Å². The highest BCUT2D eigenvalue weighted by molar-refractivity contribution is 5.97. The Balaban J connectivity index is 1.01. The van der Waals surface area contributed by atoms with Crippen molar-refractivity contribution in [2.75, 3.05) is 0 Å². The minimum Gasteiger partial charge on any atom is -0.208 e. The number of hydrogen-bond acceptors (Lipinski definition) is 5. The molecule has 0 amide bonds. The summed E-state index contributed by atoms with van der Waals surface area (Å²) in [6.07, 6.45) is 16.7. The molecule has 0 spiro atoms. The molecule has 0 aliphatic heterocycles. The van der Waals surface area contributed by atoms with Gasteiger partial charge in [0, 0.05) is 16.7 Å². The number of benzene rings is 4. The minimum atomic E-state index is 0.333. The first-order valence-electron chi connectivity index (χ1n) is 19.8. The Morgan fingerprint density at radius 3 is 1.29 bits per heavy atom. The summed E-state index contributed by atoms with van der Waals surface area (Å²) in [5.41, 5.74) is 7.47. The maximum Gasteiger partial charge on any atom is 0.164 e. The van der Waals surface area contributed by atoms with Crippen LogP contribution in [0.5, 0.6) is 0 Å². The van der Waals surface area contributed by atoms with Crippen molar-refractivity contribution in [3.8, 4) is 46.3 Å². The van der Waals surface area contributed by atoms with E-state index in [0.29, 0.717) is 39.4 Å². The third-order valence-corrected chi connectivity index (χ3v) is 14.7. The molecule has 1 aromatic heterocycles. The van der Waals surface area contributed by atoms with Crippen LogP contribution >= 0.6 is 0 Å². The van der Waals surface area contributed by atoms with Gasteiger partial charge in [-0.15, -0.1) is 0 Å². The molecule has 8 aliphatic rings. The van der Waals surface area contributed by atoms with Crippen LogP contribution in [0.4, 0.5) is 0 Å². The van der Waals surface area contributed by atoms with Gasteiger partial charge in [0.05, 0.1) is 23.3 Å². The average Bonchev–Trinajstić information content (AvgIpc) is 3.16. The SMILES string of the molecule is N#Cc1ccc2c(-c3nc(-c4ccc(C56C[C@H]7C[C@@H](C5)C[C@@H](C6)C7)cc4)nc(-c4ccc(C56C[C@H]7C[C@H](C5)C[C@@H](C6)C7)cc4)n3)cc(C#N)cc2c1. The molecule has 1 heterocycles. The Bertz CT molecular complexity index is 2160. The Morgan fingerprint density at radius 2 is 0.865 bits per heavy atom. The highest BCUT2D eigenvalue weighted by atomic mass is 15.0. The molecule has 8 bridgehead atoms. The van der Waals surface area contributed by atoms with Crippen molar-refractivity contribution in [2.45, 2.75) is 87.9 Å². The molecule has 0 saturated heterocycles. The summed E-state index contributed by atoms with van der Waals surface area (Å²) in [6.45, 7) is 0. The molecular formula is C47H43N5. The van der Waals surface area contributed by atoms with Crippen LogP contribution in [-0.2, 0) is 10.8 Å². The molecule has 13 rings (SSSR count). The first-order chi connectivity index (χ1) is 25.4. The normalized spacial score (nSPS) is 32.2. The van der Waals surface area contributed by atoms with Crippen LogP contribution in [0.2, 0.25) is 0 Å². The molecule has 8 fully saturated rings. The van der Waals surface area contributed by atoms with Gasteiger partial charge in [-0.1, -0.05) is 54.6 Å². The Kier molecular flexibility index (Phi) is 6.69. The van der Waals surface area contributed by atoms with E-state index in [4.69, 9.17) is 15.0 Å². The molecule has 52 heavy (non-hydrogen) atoms. The monoisotopic (exact) mass is 677 g/mol. The van der Waals surface area contributed by atoms with E-state index in [1.54, 1.807) is 0 Å². The third-order valence-electron chi connectivity index (χ3n) is 14.7. The lowest BCUT2D eigenvalue weighted by Gasteiger charge is -2.57. The van der Waals surface area contributed by atoms with Crippen molar-refractivity contribution >= 4 is 10.8 Å². The van der Waals surface area contributed by atoms with Crippen LogP contribution in [0.1, 0.15) is 99.3 Å². The van der Waals surface area contributed by atoms with Gasteiger partial charge in [0.15, 0.2) is 17.5 Å². The summed E-state index contributed by atoms with van der Waals surface area (Å²) in [5.74, 6) is 7.23. The van der Waals surface area contributed by atoms with Crippen molar-refractivity contribution in [3.05, 3.63) is 101 Å². The van der Waals surface area contributed by atoms with Crippen molar-refractivity contribution in [1.29, 1.82) is 10.5 Å². The standard InChI is InChI=1S/C47H43N5/c48-26-28-1-10-41-38(17-28)18-35(27-49)19-42(41)45-51-43(36-2-6-39(7-3-36)46-20-29-11-30(21-46)13-31(12-29)22-46)50-44(52-45)37-4-8-40(9-5-37)47-23-32-14-33(24-47)16-34(15-32)25-47/h1-10,17-19,29-34H,11-16,20-25H2/t29-,30-,31-,32-,33+,34-,46?,47?. The molecule has 5 aromatic rings. The molecule has 8 saturated carbocycles. The van der Waals surface area contributed by atoms with Crippen LogP contribution in [0.15, 0.2) is 78.9 Å². The summed E-state index contributed by atoms with van der Waals surface area (Å²) < 4.78 is 0. The van der Waals surface area contributed by atoms with Crippen molar-refractivity contribution in [3.63, 3.8) is 0 Å². The van der Waals surface area contributed by atoms with Gasteiger partial charge >= 0.3 is 0 Å². The van der Waals surface area contributed by atoms with Crippen LogP contribution < -0.4 is 0 Å². The minimum absolute atomic E-state index is 0.333. The highest BCUT2D eigenvalue weighted by Crippen LogP contribution is 2.62. The summed E-state index contributed by atoms with van der Waals surface area (Å²) >= 11 is 0. The molecule has 256 valence electrons. The summed E-state index contributed by atoms with van der Waals surface area (Å²) in [4.78, 5) is 15.4. The fraction of sp³-hybridized carbons (Fsp3) is 0.426. The predicted molar refractivity (Wildman–Crippen MR) is 203 cm³/mol. The maximum atomic E-state index is 10.0. The number of aromatic nitrogens is 3. The quantitative estimate of drug-likeness (QED) is 0.185. The third kappa shape index (κ3) is 4.89. The second-order valence-electron chi connectivity index (χ2n) is 18.0. The smallest absolute Gasteiger partial charge is 0.164 e. The largest absolute Gasteiger partial charge is 0.208 e. The molecule has 8 aliphatic carbocycles. The van der Waals surface area contributed by atoms with Gasteiger partial charge in [-0.2, -0.15) is 10.5 Å². The fourth-order valence-electron chi connectivity index (χ4n) is 13.3. The van der Waals surface area contributed by atoms with Crippen LogP contribution in [-0.4, -0.2) is 15.0 Å². The first-order valence-corrected chi connectivity index (χ1v) is 19.8. The number of hydrogen-bond donors (Lipinski definition) is 0.